The molecule has 2 heterocycles. The number of aromatic nitrogens is 1. The van der Waals surface area contributed by atoms with Crippen molar-refractivity contribution in [2.45, 2.75) is 49.7 Å². The SMILES string of the molecule is C.CC(C)(C1CC(=O)N(c2ccc(C(F)(F)F)cn2)C1)S(=O)(=O)c1cccc(C(F)(F)F)c1. The third kappa shape index (κ3) is 4.99. The van der Waals surface area contributed by atoms with E-state index in [1.54, 1.807) is 0 Å². The summed E-state index contributed by atoms with van der Waals surface area (Å²) >= 11 is 0. The lowest BCUT2D eigenvalue weighted by atomic mass is 9.94. The van der Waals surface area contributed by atoms with Crippen LogP contribution in [0.5, 0.6) is 0 Å². The quantitative estimate of drug-likeness (QED) is 0.535. The minimum atomic E-state index is -4.73. The highest BCUT2D eigenvalue weighted by molar-refractivity contribution is 7.92. The molecule has 1 aromatic carbocycles. The van der Waals surface area contributed by atoms with Crippen molar-refractivity contribution in [3.8, 4) is 0 Å². The lowest BCUT2D eigenvalue weighted by molar-refractivity contribution is -0.138. The number of benzene rings is 1. The van der Waals surface area contributed by atoms with Crippen LogP contribution in [0.4, 0.5) is 32.2 Å². The highest BCUT2D eigenvalue weighted by atomic mass is 32.2. The second kappa shape index (κ2) is 8.62. The van der Waals surface area contributed by atoms with E-state index >= 15 is 0 Å². The first-order chi connectivity index (χ1) is 14.5. The summed E-state index contributed by atoms with van der Waals surface area (Å²) < 4.78 is 102. The maximum atomic E-state index is 13.2. The van der Waals surface area contributed by atoms with Crippen LogP contribution < -0.4 is 4.90 Å². The molecule has 1 fully saturated rings. The molecule has 1 amide bonds. The minimum Gasteiger partial charge on any atom is -0.296 e. The Labute approximate surface area is 187 Å². The number of sulfone groups is 1. The number of carbonyl (C=O) groups is 1. The summed E-state index contributed by atoms with van der Waals surface area (Å²) in [6, 6.07) is 5.11. The number of halogens is 6. The highest BCUT2D eigenvalue weighted by Crippen LogP contribution is 2.40. The van der Waals surface area contributed by atoms with Gasteiger partial charge in [0.25, 0.3) is 0 Å². The molecule has 0 N–H and O–H groups in total. The van der Waals surface area contributed by atoms with Crippen molar-refractivity contribution in [1.82, 2.24) is 4.98 Å². The molecule has 33 heavy (non-hydrogen) atoms. The van der Waals surface area contributed by atoms with Gasteiger partial charge in [0.15, 0.2) is 9.84 Å². The molecule has 0 bridgehead atoms. The van der Waals surface area contributed by atoms with E-state index in [9.17, 15) is 39.6 Å². The average Bonchev–Trinajstić information content (AvgIpc) is 3.09. The summed E-state index contributed by atoms with van der Waals surface area (Å²) in [5.41, 5.74) is -2.12. The summed E-state index contributed by atoms with van der Waals surface area (Å²) in [4.78, 5) is 16.7. The van der Waals surface area contributed by atoms with Crippen LogP contribution in [0, 0.1) is 5.92 Å². The number of rotatable bonds is 4. The Hall–Kier alpha value is -2.63. The predicted octanol–water partition coefficient (Wildman–Crippen LogP) is 5.36. The molecule has 1 aromatic heterocycles. The Morgan fingerprint density at radius 1 is 0.970 bits per heavy atom. The maximum absolute atomic E-state index is 13.2. The van der Waals surface area contributed by atoms with Crippen molar-refractivity contribution in [3.63, 3.8) is 0 Å². The van der Waals surface area contributed by atoms with Crippen molar-refractivity contribution < 1.29 is 39.6 Å². The monoisotopic (exact) mass is 496 g/mol. The minimum absolute atomic E-state index is 0. The third-order valence-corrected chi connectivity index (χ3v) is 8.22. The molecule has 1 aliphatic heterocycles. The van der Waals surface area contributed by atoms with Crippen LogP contribution in [0.3, 0.4) is 0 Å². The van der Waals surface area contributed by atoms with Gasteiger partial charge in [-0.3, -0.25) is 9.69 Å². The number of anilines is 1. The van der Waals surface area contributed by atoms with Crippen molar-refractivity contribution in [2.75, 3.05) is 11.4 Å². The Balaban J connectivity index is 0.00000385. The van der Waals surface area contributed by atoms with Gasteiger partial charge in [-0.25, -0.2) is 13.4 Å². The summed E-state index contributed by atoms with van der Waals surface area (Å²) in [6.45, 7) is 2.46. The number of pyridine rings is 1. The van der Waals surface area contributed by atoms with Gasteiger partial charge >= 0.3 is 12.4 Å². The van der Waals surface area contributed by atoms with E-state index in [4.69, 9.17) is 0 Å². The van der Waals surface area contributed by atoms with Crippen LogP contribution in [-0.4, -0.2) is 30.6 Å². The smallest absolute Gasteiger partial charge is 0.296 e. The van der Waals surface area contributed by atoms with Gasteiger partial charge in [-0.2, -0.15) is 26.3 Å². The summed E-state index contributed by atoms with van der Waals surface area (Å²) in [7, 11) is -4.31. The van der Waals surface area contributed by atoms with E-state index in [1.807, 2.05) is 0 Å². The number of carbonyl (C=O) groups excluding carboxylic acids is 1. The molecule has 12 heteroatoms. The normalized spacial score (nSPS) is 17.8. The molecule has 0 radical (unpaired) electrons. The summed E-state index contributed by atoms with van der Waals surface area (Å²) in [5.74, 6) is -1.45. The van der Waals surface area contributed by atoms with Crippen molar-refractivity contribution in [2.24, 2.45) is 5.92 Å². The first kappa shape index (κ1) is 26.6. The van der Waals surface area contributed by atoms with Gasteiger partial charge in [-0.15, -0.1) is 0 Å². The molecule has 1 atom stereocenters. The van der Waals surface area contributed by atoms with Gasteiger partial charge in [0.05, 0.1) is 20.8 Å². The van der Waals surface area contributed by atoms with Crippen molar-refractivity contribution in [3.05, 3.63) is 53.7 Å². The Morgan fingerprint density at radius 3 is 2.09 bits per heavy atom. The predicted molar refractivity (Wildman–Crippen MR) is 109 cm³/mol. The van der Waals surface area contributed by atoms with Crippen LogP contribution >= 0.6 is 0 Å². The van der Waals surface area contributed by atoms with E-state index in [0.29, 0.717) is 12.3 Å². The molecule has 2 aromatic rings. The molecule has 0 saturated carbocycles. The molecule has 1 saturated heterocycles. The van der Waals surface area contributed by atoms with Crippen molar-refractivity contribution >= 4 is 21.6 Å². The standard InChI is InChI=1S/C20H18F6N2O3S.CH4/c1-18(2,32(30,31)15-5-3-4-12(8-15)19(21,22)23)14-9-17(29)28(11-14)16-7-6-13(10-27-16)20(24,25)26;/h3-8,10,14H,9,11H2,1-2H3;1H4. The largest absolute Gasteiger partial charge is 0.417 e. The average molecular weight is 496 g/mol. The fourth-order valence-corrected chi connectivity index (χ4v) is 5.21. The van der Waals surface area contributed by atoms with E-state index in [-0.39, 0.29) is 26.2 Å². The molecule has 0 spiro atoms. The zero-order chi connectivity index (χ0) is 24.1. The first-order valence-electron chi connectivity index (χ1n) is 9.30. The van der Waals surface area contributed by atoms with Gasteiger partial charge in [0.1, 0.15) is 5.82 Å². The first-order valence-corrected chi connectivity index (χ1v) is 10.8. The zero-order valence-electron chi connectivity index (χ0n) is 16.8. The molecule has 1 unspecified atom stereocenters. The Kier molecular flexibility index (Phi) is 6.95. The molecular weight excluding hydrogens is 474 g/mol. The molecule has 182 valence electrons. The van der Waals surface area contributed by atoms with Crippen LogP contribution in [0.15, 0.2) is 47.5 Å². The third-order valence-electron chi connectivity index (χ3n) is 5.62. The van der Waals surface area contributed by atoms with Crippen LogP contribution in [0.1, 0.15) is 38.8 Å². The van der Waals surface area contributed by atoms with Gasteiger partial charge in [-0.05, 0) is 44.2 Å². The molecular formula is C21H22F6N2O3S. The number of nitrogens with zero attached hydrogens (tertiary/aromatic N) is 2. The van der Waals surface area contributed by atoms with E-state index < -0.39 is 54.8 Å². The lowest BCUT2D eigenvalue weighted by Gasteiger charge is -2.31. The van der Waals surface area contributed by atoms with E-state index in [0.717, 1.165) is 35.2 Å². The summed E-state index contributed by atoms with van der Waals surface area (Å²) in [5, 5.41) is 0. The molecule has 1 aliphatic rings. The topological polar surface area (TPSA) is 67.3 Å². The molecule has 3 rings (SSSR count). The van der Waals surface area contributed by atoms with Gasteiger partial charge < -0.3 is 0 Å². The van der Waals surface area contributed by atoms with Gasteiger partial charge in [-0.1, -0.05) is 13.5 Å². The second-order valence-electron chi connectivity index (χ2n) is 7.94. The number of hydrogen-bond donors (Lipinski definition) is 0. The fraction of sp³-hybridized carbons (Fsp3) is 0.429. The molecule has 5 nitrogen and oxygen atoms in total. The van der Waals surface area contributed by atoms with Crippen molar-refractivity contribution in [1.29, 1.82) is 0 Å². The van der Waals surface area contributed by atoms with Gasteiger partial charge in [0.2, 0.25) is 5.91 Å². The van der Waals surface area contributed by atoms with Crippen LogP contribution in [0.2, 0.25) is 0 Å². The number of alkyl halides is 6. The highest BCUT2D eigenvalue weighted by Gasteiger charge is 2.49. The van der Waals surface area contributed by atoms with Gasteiger partial charge in [0, 0.05) is 25.1 Å². The van der Waals surface area contributed by atoms with Crippen LogP contribution in [0.25, 0.3) is 0 Å². The lowest BCUT2D eigenvalue weighted by Crippen LogP contribution is -2.41. The summed E-state index contributed by atoms with van der Waals surface area (Å²) in [6.07, 6.45) is -9.03. The number of amides is 1. The fourth-order valence-electron chi connectivity index (χ4n) is 3.47. The van der Waals surface area contributed by atoms with E-state index in [1.165, 1.54) is 13.8 Å². The Morgan fingerprint density at radius 2 is 1.58 bits per heavy atom. The Bertz CT molecular complexity index is 1130. The van der Waals surface area contributed by atoms with E-state index in [2.05, 4.69) is 4.98 Å². The number of hydrogen-bond acceptors (Lipinski definition) is 4. The molecule has 0 aliphatic carbocycles. The maximum Gasteiger partial charge on any atom is 0.417 e. The second-order valence-corrected chi connectivity index (χ2v) is 10.5. The van der Waals surface area contributed by atoms with Crippen LogP contribution in [-0.2, 0) is 27.0 Å². The zero-order valence-corrected chi connectivity index (χ0v) is 17.6.